The standard InChI is InChI=1S/C35H42ClFN4O6/c1-3-45-34(44)23-11-13-25(14-12-23)47-35(40-15-6-7-16-40,41-17-8-18-46-41)32(42)20-24-19-28(36)30(21-29(24)37)38-33(43)27-22-39(2)31-10-5-4-9-26(27)31/h4-5,9-10,19,21-23,25H,3,6-8,11-18,20H2,1-2H3,(H,38,43). The summed E-state index contributed by atoms with van der Waals surface area (Å²) >= 11 is 6.61. The van der Waals surface area contributed by atoms with Gasteiger partial charge in [0.1, 0.15) is 5.82 Å². The van der Waals surface area contributed by atoms with Gasteiger partial charge in [0.25, 0.3) is 11.8 Å². The number of likely N-dealkylation sites (tertiary alicyclic amines) is 1. The van der Waals surface area contributed by atoms with E-state index >= 15 is 4.39 Å². The van der Waals surface area contributed by atoms with Gasteiger partial charge < -0.3 is 19.4 Å². The summed E-state index contributed by atoms with van der Waals surface area (Å²) in [6, 6.07) is 10.1. The SMILES string of the molecule is CCOC(=O)C1CCC(OC(C(=O)Cc2cc(Cl)c(NC(=O)c3cn(C)c4ccccc34)cc2F)(N2CCCC2)N2CCCO2)CC1. The Bertz CT molecular complexity index is 1610. The number of carbonyl (C=O) groups is 3. The predicted octanol–water partition coefficient (Wildman–Crippen LogP) is 5.86. The van der Waals surface area contributed by atoms with Gasteiger partial charge in [0.15, 0.2) is 0 Å². The quantitative estimate of drug-likeness (QED) is 0.254. The molecule has 3 aromatic rings. The minimum atomic E-state index is -1.55. The molecule has 10 nitrogen and oxygen atoms in total. The Morgan fingerprint density at radius 3 is 2.51 bits per heavy atom. The number of hydrogen-bond acceptors (Lipinski definition) is 8. The lowest BCUT2D eigenvalue weighted by Gasteiger charge is -2.47. The van der Waals surface area contributed by atoms with Crippen LogP contribution < -0.4 is 5.32 Å². The molecule has 3 aliphatic rings. The number of amides is 1. The Balaban J connectivity index is 1.23. The molecule has 2 saturated heterocycles. The highest BCUT2D eigenvalue weighted by molar-refractivity contribution is 6.34. The van der Waals surface area contributed by atoms with E-state index in [1.54, 1.807) is 18.2 Å². The number of para-hydroxylation sites is 1. The number of aryl methyl sites for hydroxylation is 1. The minimum absolute atomic E-state index is 0.0977. The van der Waals surface area contributed by atoms with Crippen LogP contribution in [-0.2, 0) is 37.4 Å². The monoisotopic (exact) mass is 668 g/mol. The van der Waals surface area contributed by atoms with Crippen LogP contribution in [0.2, 0.25) is 5.02 Å². The van der Waals surface area contributed by atoms with Crippen LogP contribution in [0.3, 0.4) is 0 Å². The second-order valence-electron chi connectivity index (χ2n) is 12.6. The van der Waals surface area contributed by atoms with Crippen molar-refractivity contribution < 1.29 is 33.1 Å². The molecule has 1 N–H and O–H groups in total. The average molecular weight is 669 g/mol. The molecule has 3 fully saturated rings. The Hall–Kier alpha value is -3.35. The molecule has 12 heteroatoms. The Kier molecular flexibility index (Phi) is 10.3. The molecule has 3 heterocycles. The number of nitrogens with one attached hydrogen (secondary N) is 1. The van der Waals surface area contributed by atoms with Gasteiger partial charge in [-0.2, -0.15) is 0 Å². The van der Waals surface area contributed by atoms with Gasteiger partial charge in [0, 0.05) is 50.2 Å². The first-order valence-electron chi connectivity index (χ1n) is 16.6. The summed E-state index contributed by atoms with van der Waals surface area (Å²) in [7, 11) is 1.85. The summed E-state index contributed by atoms with van der Waals surface area (Å²) in [5.41, 5.74) is 1.54. The van der Waals surface area contributed by atoms with Crippen LogP contribution in [0.1, 0.15) is 67.8 Å². The Morgan fingerprint density at radius 2 is 1.81 bits per heavy atom. The maximum atomic E-state index is 15.8. The molecule has 1 atom stereocenters. The van der Waals surface area contributed by atoms with Crippen molar-refractivity contribution in [1.82, 2.24) is 14.5 Å². The normalized spacial score (nSPS) is 22.0. The van der Waals surface area contributed by atoms with E-state index in [-0.39, 0.29) is 46.5 Å². The van der Waals surface area contributed by atoms with E-state index < -0.39 is 17.6 Å². The maximum absolute atomic E-state index is 15.8. The smallest absolute Gasteiger partial charge is 0.308 e. The highest BCUT2D eigenvalue weighted by atomic mass is 35.5. The number of benzene rings is 2. The van der Waals surface area contributed by atoms with Gasteiger partial charge in [0.2, 0.25) is 5.78 Å². The fourth-order valence-corrected chi connectivity index (χ4v) is 7.34. The first-order chi connectivity index (χ1) is 22.7. The number of Topliss-reactive ketones (excluding diaryl/α,β-unsaturated/α-hetero) is 1. The van der Waals surface area contributed by atoms with Crippen LogP contribution in [-0.4, -0.2) is 77.0 Å². The first kappa shape index (κ1) is 33.5. The number of aromatic nitrogens is 1. The van der Waals surface area contributed by atoms with Gasteiger partial charge in [-0.3, -0.25) is 24.1 Å². The summed E-state index contributed by atoms with van der Waals surface area (Å²) in [5, 5.41) is 5.26. The molecule has 0 spiro atoms. The Labute approximate surface area is 279 Å². The van der Waals surface area contributed by atoms with Crippen molar-refractivity contribution in [3.8, 4) is 0 Å². The van der Waals surface area contributed by atoms with E-state index in [2.05, 4.69) is 5.32 Å². The third kappa shape index (κ3) is 6.82. The van der Waals surface area contributed by atoms with E-state index in [0.717, 1.165) is 36.2 Å². The number of esters is 1. The van der Waals surface area contributed by atoms with Crippen LogP contribution in [0.15, 0.2) is 42.6 Å². The number of hydrogen-bond donors (Lipinski definition) is 1. The molecule has 1 aromatic heterocycles. The lowest BCUT2D eigenvalue weighted by molar-refractivity contribution is -0.335. The molecular weight excluding hydrogens is 627 g/mol. The van der Waals surface area contributed by atoms with Gasteiger partial charge in [-0.1, -0.05) is 29.8 Å². The molecule has 47 heavy (non-hydrogen) atoms. The molecular formula is C35H42ClFN4O6. The molecule has 2 aromatic carbocycles. The maximum Gasteiger partial charge on any atom is 0.308 e. The molecule has 6 rings (SSSR count). The number of nitrogens with zero attached hydrogens (tertiary/aromatic N) is 3. The highest BCUT2D eigenvalue weighted by Crippen LogP contribution is 2.38. The van der Waals surface area contributed by atoms with Crippen molar-refractivity contribution in [3.05, 3.63) is 64.6 Å². The largest absolute Gasteiger partial charge is 0.466 e. The lowest BCUT2D eigenvalue weighted by atomic mass is 9.87. The van der Waals surface area contributed by atoms with Crippen LogP contribution in [0.4, 0.5) is 10.1 Å². The van der Waals surface area contributed by atoms with Gasteiger partial charge in [-0.05, 0) is 75.6 Å². The fraction of sp³-hybridized carbons (Fsp3) is 0.514. The molecule has 1 saturated carbocycles. The number of halogens is 2. The highest BCUT2D eigenvalue weighted by Gasteiger charge is 2.54. The van der Waals surface area contributed by atoms with Gasteiger partial charge >= 0.3 is 5.97 Å². The van der Waals surface area contributed by atoms with Gasteiger partial charge in [-0.25, -0.2) is 4.39 Å². The number of rotatable bonds is 11. The third-order valence-corrected chi connectivity index (χ3v) is 9.80. The molecule has 2 aliphatic heterocycles. The molecule has 1 unspecified atom stereocenters. The van der Waals surface area contributed by atoms with E-state index in [1.165, 1.54) is 6.07 Å². The van der Waals surface area contributed by atoms with E-state index in [4.69, 9.17) is 25.9 Å². The third-order valence-electron chi connectivity index (χ3n) is 9.49. The van der Waals surface area contributed by atoms with Crippen LogP contribution in [0.5, 0.6) is 0 Å². The van der Waals surface area contributed by atoms with E-state index in [0.29, 0.717) is 64.1 Å². The van der Waals surface area contributed by atoms with Crippen LogP contribution in [0.25, 0.3) is 10.9 Å². The number of hydroxylamine groups is 2. The zero-order valence-corrected chi connectivity index (χ0v) is 27.7. The van der Waals surface area contributed by atoms with E-state index in [9.17, 15) is 14.4 Å². The summed E-state index contributed by atoms with van der Waals surface area (Å²) in [6.45, 7) is 4.34. The zero-order chi connectivity index (χ0) is 33.1. The van der Waals surface area contributed by atoms with Crippen LogP contribution >= 0.6 is 11.6 Å². The predicted molar refractivity (Wildman–Crippen MR) is 175 cm³/mol. The second-order valence-corrected chi connectivity index (χ2v) is 13.0. The second kappa shape index (κ2) is 14.4. The fourth-order valence-electron chi connectivity index (χ4n) is 7.11. The van der Waals surface area contributed by atoms with E-state index in [1.807, 2.05) is 40.8 Å². The summed E-state index contributed by atoms with van der Waals surface area (Å²) in [5.74, 6) is -3.36. The molecule has 0 bridgehead atoms. The minimum Gasteiger partial charge on any atom is -0.466 e. The topological polar surface area (TPSA) is 102 Å². The average Bonchev–Trinajstić information content (AvgIpc) is 3.86. The Morgan fingerprint density at radius 1 is 1.06 bits per heavy atom. The van der Waals surface area contributed by atoms with Crippen LogP contribution in [0, 0.1) is 11.7 Å². The van der Waals surface area contributed by atoms with Crippen molar-refractivity contribution in [3.63, 3.8) is 0 Å². The summed E-state index contributed by atoms with van der Waals surface area (Å²) < 4.78 is 29.7. The van der Waals surface area contributed by atoms with Crippen molar-refractivity contribution in [1.29, 1.82) is 0 Å². The molecule has 252 valence electrons. The number of anilines is 1. The van der Waals surface area contributed by atoms with Crippen molar-refractivity contribution >= 4 is 45.9 Å². The zero-order valence-electron chi connectivity index (χ0n) is 26.9. The van der Waals surface area contributed by atoms with Crippen molar-refractivity contribution in [2.75, 3.05) is 38.2 Å². The number of fused-ring (bicyclic) bond motifs is 1. The van der Waals surface area contributed by atoms with Crippen molar-refractivity contribution in [2.45, 2.75) is 70.2 Å². The molecule has 1 aliphatic carbocycles. The van der Waals surface area contributed by atoms with Crippen molar-refractivity contribution in [2.24, 2.45) is 13.0 Å². The number of ketones is 1. The summed E-state index contributed by atoms with van der Waals surface area (Å²) in [4.78, 5) is 48.2. The lowest BCUT2D eigenvalue weighted by Crippen LogP contribution is -2.67. The molecule has 0 radical (unpaired) electrons. The summed E-state index contributed by atoms with van der Waals surface area (Å²) in [6.07, 6.45) is 6.03. The first-order valence-corrected chi connectivity index (χ1v) is 17.0. The number of ether oxygens (including phenoxy) is 2. The van der Waals surface area contributed by atoms with Gasteiger partial charge in [-0.15, -0.1) is 5.06 Å². The number of carbonyl (C=O) groups excluding carboxylic acids is 3. The van der Waals surface area contributed by atoms with Gasteiger partial charge in [0.05, 0.1) is 41.5 Å². The molecule has 1 amide bonds.